The van der Waals surface area contributed by atoms with Crippen LogP contribution in [0.2, 0.25) is 0 Å². The molecule has 1 aliphatic rings. The second-order valence-corrected chi connectivity index (χ2v) is 6.53. The van der Waals surface area contributed by atoms with Crippen molar-refractivity contribution in [1.29, 1.82) is 0 Å². The number of aryl methyl sites for hydroxylation is 1. The summed E-state index contributed by atoms with van der Waals surface area (Å²) in [7, 11) is 0. The number of rotatable bonds is 7. The van der Waals surface area contributed by atoms with Gasteiger partial charge in [-0.15, -0.1) is 0 Å². The molecule has 1 N–H and O–H groups in total. The molecule has 0 amide bonds. The number of dihydropyridines is 1. The number of hydrogen-bond donors (Lipinski definition) is 1. The Kier molecular flexibility index (Phi) is 7.26. The van der Waals surface area contributed by atoms with Crippen LogP contribution in [0.25, 0.3) is 5.70 Å². The lowest BCUT2D eigenvalue weighted by Gasteiger charge is -2.23. The zero-order valence-electron chi connectivity index (χ0n) is 15.5. The highest BCUT2D eigenvalue weighted by molar-refractivity contribution is 7.97. The van der Waals surface area contributed by atoms with Gasteiger partial charge in [-0.3, -0.25) is 9.78 Å². The average molecular weight is 376 g/mol. The molecule has 26 heavy (non-hydrogen) atoms. The summed E-state index contributed by atoms with van der Waals surface area (Å²) < 4.78 is 10.3. The fraction of sp³-hybridized carbons (Fsp3) is 0.421. The topological polar surface area (TPSA) is 77.5 Å². The number of carbonyl (C=O) groups excluding carboxylic acids is 2. The molecular formula is C19H24N2O4S. The summed E-state index contributed by atoms with van der Waals surface area (Å²) in [5.74, 6) is -1.05. The smallest absolute Gasteiger partial charge is 0.337 e. The summed E-state index contributed by atoms with van der Waals surface area (Å²) in [5.41, 5.74) is 3.35. The quantitative estimate of drug-likeness (QED) is 0.733. The van der Waals surface area contributed by atoms with Crippen LogP contribution in [0.1, 0.15) is 30.8 Å². The van der Waals surface area contributed by atoms with Crippen LogP contribution in [0.5, 0.6) is 0 Å². The molecule has 0 aromatic carbocycles. The summed E-state index contributed by atoms with van der Waals surface area (Å²) >= 11 is 1.67. The van der Waals surface area contributed by atoms with E-state index in [1.807, 2.05) is 25.3 Å². The predicted octanol–water partition coefficient (Wildman–Crippen LogP) is 2.82. The number of nitrogens with one attached hydrogen (secondary N) is 1. The maximum Gasteiger partial charge on any atom is 0.337 e. The zero-order valence-corrected chi connectivity index (χ0v) is 16.3. The lowest BCUT2D eigenvalue weighted by atomic mass is 9.91. The number of aromatic nitrogens is 1. The van der Waals surface area contributed by atoms with Crippen LogP contribution in [0.4, 0.5) is 0 Å². The van der Waals surface area contributed by atoms with Gasteiger partial charge in [0.2, 0.25) is 0 Å². The Morgan fingerprint density at radius 2 is 1.96 bits per heavy atom. The lowest BCUT2D eigenvalue weighted by molar-refractivity contribution is -0.148. The van der Waals surface area contributed by atoms with Gasteiger partial charge in [-0.25, -0.2) is 4.79 Å². The van der Waals surface area contributed by atoms with Crippen molar-refractivity contribution in [2.75, 3.05) is 19.5 Å². The van der Waals surface area contributed by atoms with Crippen molar-refractivity contribution in [3.63, 3.8) is 0 Å². The van der Waals surface area contributed by atoms with Crippen molar-refractivity contribution in [2.45, 2.75) is 26.5 Å². The second kappa shape index (κ2) is 9.43. The van der Waals surface area contributed by atoms with Gasteiger partial charge in [0.05, 0.1) is 30.2 Å². The van der Waals surface area contributed by atoms with Crippen molar-refractivity contribution < 1.29 is 19.1 Å². The van der Waals surface area contributed by atoms with E-state index in [4.69, 9.17) is 9.47 Å². The van der Waals surface area contributed by atoms with Gasteiger partial charge in [0.25, 0.3) is 0 Å². The minimum absolute atomic E-state index is 0.224. The molecule has 1 unspecified atom stereocenters. The first-order valence-electron chi connectivity index (χ1n) is 8.49. The van der Waals surface area contributed by atoms with Crippen molar-refractivity contribution in [1.82, 2.24) is 10.3 Å². The SMILES string of the molecule is CCOC(=O)C1=C(c2cc(C)nc(CSC)c2)NC=CC1C(=O)OCC. The zero-order chi connectivity index (χ0) is 19.1. The highest BCUT2D eigenvalue weighted by Crippen LogP contribution is 2.29. The standard InChI is InChI=1S/C19H24N2O4S/c1-5-24-18(22)15-7-8-20-17(16(15)19(23)25-6-2)13-9-12(3)21-14(10-13)11-26-4/h7-10,15,20H,5-6,11H2,1-4H3. The summed E-state index contributed by atoms with van der Waals surface area (Å²) in [6, 6.07) is 3.80. The van der Waals surface area contributed by atoms with E-state index in [1.165, 1.54) is 0 Å². The van der Waals surface area contributed by atoms with Gasteiger partial charge in [-0.05, 0) is 51.4 Å². The van der Waals surface area contributed by atoms with Gasteiger partial charge in [0, 0.05) is 17.0 Å². The van der Waals surface area contributed by atoms with Gasteiger partial charge in [0.1, 0.15) is 5.92 Å². The Morgan fingerprint density at radius 3 is 2.62 bits per heavy atom. The van der Waals surface area contributed by atoms with Gasteiger partial charge < -0.3 is 14.8 Å². The Morgan fingerprint density at radius 1 is 1.23 bits per heavy atom. The first-order chi connectivity index (χ1) is 12.5. The first kappa shape index (κ1) is 20.0. The minimum atomic E-state index is -0.803. The summed E-state index contributed by atoms with van der Waals surface area (Å²) in [5, 5.41) is 3.10. The number of hydrogen-bond acceptors (Lipinski definition) is 7. The van der Waals surface area contributed by atoms with Crippen LogP contribution >= 0.6 is 11.8 Å². The van der Waals surface area contributed by atoms with E-state index in [1.54, 1.807) is 37.9 Å². The van der Waals surface area contributed by atoms with Crippen LogP contribution in [0, 0.1) is 12.8 Å². The molecule has 0 radical (unpaired) electrons. The van der Waals surface area contributed by atoms with Gasteiger partial charge in [-0.2, -0.15) is 11.8 Å². The van der Waals surface area contributed by atoms with Crippen LogP contribution in [-0.4, -0.2) is 36.4 Å². The van der Waals surface area contributed by atoms with Crippen LogP contribution < -0.4 is 5.32 Å². The molecule has 0 spiro atoms. The van der Waals surface area contributed by atoms with Crippen LogP contribution in [0.3, 0.4) is 0 Å². The molecule has 6 nitrogen and oxygen atoms in total. The average Bonchev–Trinajstić information content (AvgIpc) is 2.61. The summed E-state index contributed by atoms with van der Waals surface area (Å²) in [4.78, 5) is 29.5. The molecule has 2 heterocycles. The maximum absolute atomic E-state index is 12.6. The van der Waals surface area contributed by atoms with Crippen LogP contribution in [0.15, 0.2) is 30.0 Å². The predicted molar refractivity (Wildman–Crippen MR) is 102 cm³/mol. The summed E-state index contributed by atoms with van der Waals surface area (Å²) in [6.07, 6.45) is 5.28. The molecule has 0 bridgehead atoms. The fourth-order valence-electron chi connectivity index (χ4n) is 2.77. The van der Waals surface area contributed by atoms with E-state index >= 15 is 0 Å². The third-order valence-corrected chi connectivity index (χ3v) is 4.30. The fourth-order valence-corrected chi connectivity index (χ4v) is 3.21. The molecule has 2 rings (SSSR count). The molecule has 140 valence electrons. The van der Waals surface area contributed by atoms with E-state index < -0.39 is 17.9 Å². The maximum atomic E-state index is 12.6. The number of thioether (sulfide) groups is 1. The summed E-state index contributed by atoms with van der Waals surface area (Å²) in [6.45, 7) is 5.84. The van der Waals surface area contributed by atoms with Crippen molar-refractivity contribution in [3.05, 3.63) is 46.9 Å². The number of esters is 2. The molecule has 0 saturated heterocycles. The van der Waals surface area contributed by atoms with E-state index in [0.29, 0.717) is 5.70 Å². The van der Waals surface area contributed by atoms with Gasteiger partial charge >= 0.3 is 11.9 Å². The van der Waals surface area contributed by atoms with E-state index in [9.17, 15) is 9.59 Å². The first-order valence-corrected chi connectivity index (χ1v) is 9.89. The minimum Gasteiger partial charge on any atom is -0.465 e. The monoisotopic (exact) mass is 376 g/mol. The number of carbonyl (C=O) groups is 2. The van der Waals surface area contributed by atoms with E-state index in [-0.39, 0.29) is 18.8 Å². The Hall–Kier alpha value is -2.28. The number of nitrogens with zero attached hydrogens (tertiary/aromatic N) is 1. The normalized spacial score (nSPS) is 16.2. The molecular weight excluding hydrogens is 352 g/mol. The molecule has 0 fully saturated rings. The molecule has 0 saturated carbocycles. The highest BCUT2D eigenvalue weighted by atomic mass is 32.2. The molecule has 1 aliphatic heterocycles. The van der Waals surface area contributed by atoms with Crippen molar-refractivity contribution >= 4 is 29.4 Å². The van der Waals surface area contributed by atoms with Gasteiger partial charge in [-0.1, -0.05) is 0 Å². The van der Waals surface area contributed by atoms with E-state index in [2.05, 4.69) is 10.3 Å². The Labute approximate surface area is 158 Å². The van der Waals surface area contributed by atoms with Crippen molar-refractivity contribution in [2.24, 2.45) is 5.92 Å². The largest absolute Gasteiger partial charge is 0.465 e. The second-order valence-electron chi connectivity index (χ2n) is 5.66. The molecule has 0 aliphatic carbocycles. The van der Waals surface area contributed by atoms with Gasteiger partial charge in [0.15, 0.2) is 0 Å². The molecule has 1 aromatic heterocycles. The molecule has 1 atom stereocenters. The third kappa shape index (κ3) is 4.66. The number of ether oxygens (including phenoxy) is 2. The molecule has 7 heteroatoms. The highest BCUT2D eigenvalue weighted by Gasteiger charge is 2.33. The van der Waals surface area contributed by atoms with E-state index in [0.717, 1.165) is 22.7 Å². The Bertz CT molecular complexity index is 743. The Balaban J connectivity index is 2.57. The third-order valence-electron chi connectivity index (χ3n) is 3.72. The molecule has 1 aromatic rings. The van der Waals surface area contributed by atoms with Crippen molar-refractivity contribution in [3.8, 4) is 0 Å². The number of pyridine rings is 1. The lowest BCUT2D eigenvalue weighted by Crippen LogP contribution is -2.30. The van der Waals surface area contributed by atoms with Crippen LogP contribution in [-0.2, 0) is 24.8 Å².